The van der Waals surface area contributed by atoms with Gasteiger partial charge in [0.25, 0.3) is 0 Å². The molecule has 0 aliphatic carbocycles. The molecule has 0 atom stereocenters. The molecular formula is C11H9Cl2N3. The van der Waals surface area contributed by atoms with Crippen LogP contribution in [0, 0.1) is 0 Å². The first-order chi connectivity index (χ1) is 7.70. The quantitative estimate of drug-likeness (QED) is 0.896. The van der Waals surface area contributed by atoms with Crippen LogP contribution in [0.25, 0.3) is 11.4 Å². The predicted octanol–water partition coefficient (Wildman–Crippen LogP) is 2.91. The number of halogens is 2. The maximum absolute atomic E-state index is 6.06. The van der Waals surface area contributed by atoms with Crippen molar-refractivity contribution in [3.63, 3.8) is 0 Å². The highest BCUT2D eigenvalue weighted by Gasteiger charge is 2.07. The highest BCUT2D eigenvalue weighted by molar-refractivity contribution is 6.35. The van der Waals surface area contributed by atoms with Crippen molar-refractivity contribution >= 4 is 23.2 Å². The number of rotatable bonds is 2. The van der Waals surface area contributed by atoms with Crippen LogP contribution in [0.3, 0.4) is 0 Å². The summed E-state index contributed by atoms with van der Waals surface area (Å²) in [6.45, 7) is 0.369. The lowest BCUT2D eigenvalue weighted by atomic mass is 10.2. The van der Waals surface area contributed by atoms with E-state index in [9.17, 15) is 0 Å². The van der Waals surface area contributed by atoms with E-state index in [1.165, 1.54) is 0 Å². The fourth-order valence-electron chi connectivity index (χ4n) is 1.31. The normalized spacial score (nSPS) is 10.4. The molecule has 1 aromatic carbocycles. The Bertz CT molecular complexity index is 514. The Morgan fingerprint density at radius 1 is 1.19 bits per heavy atom. The summed E-state index contributed by atoms with van der Waals surface area (Å²) in [6.07, 6.45) is 1.65. The first-order valence-corrected chi connectivity index (χ1v) is 5.43. The lowest BCUT2D eigenvalue weighted by Crippen LogP contribution is -2.01. The van der Waals surface area contributed by atoms with Gasteiger partial charge in [-0.3, -0.25) is 0 Å². The van der Waals surface area contributed by atoms with Crippen molar-refractivity contribution in [3.8, 4) is 11.4 Å². The molecule has 2 aromatic rings. The summed E-state index contributed by atoms with van der Waals surface area (Å²) in [5, 5.41) is 1.17. The number of hydrogen-bond acceptors (Lipinski definition) is 3. The monoisotopic (exact) mass is 253 g/mol. The topological polar surface area (TPSA) is 51.8 Å². The average Bonchev–Trinajstić information content (AvgIpc) is 2.32. The van der Waals surface area contributed by atoms with Crippen molar-refractivity contribution in [2.24, 2.45) is 5.73 Å². The molecule has 0 spiro atoms. The van der Waals surface area contributed by atoms with Crippen molar-refractivity contribution in [3.05, 3.63) is 46.2 Å². The van der Waals surface area contributed by atoms with Gasteiger partial charge in [-0.25, -0.2) is 9.97 Å². The molecule has 0 saturated carbocycles. The maximum Gasteiger partial charge on any atom is 0.160 e. The van der Waals surface area contributed by atoms with Gasteiger partial charge in [-0.1, -0.05) is 23.2 Å². The van der Waals surface area contributed by atoms with E-state index in [1.807, 2.05) is 0 Å². The zero-order valence-electron chi connectivity index (χ0n) is 8.32. The summed E-state index contributed by atoms with van der Waals surface area (Å²) in [4.78, 5) is 8.43. The Hall–Kier alpha value is -1.16. The molecule has 0 radical (unpaired) electrons. The predicted molar refractivity (Wildman–Crippen MR) is 65.4 cm³/mol. The first kappa shape index (κ1) is 11.3. The maximum atomic E-state index is 6.06. The van der Waals surface area contributed by atoms with Gasteiger partial charge in [0.15, 0.2) is 5.82 Å². The summed E-state index contributed by atoms with van der Waals surface area (Å²) < 4.78 is 0. The molecule has 0 bridgehead atoms. The Morgan fingerprint density at radius 3 is 2.75 bits per heavy atom. The van der Waals surface area contributed by atoms with Crippen molar-refractivity contribution in [2.45, 2.75) is 6.54 Å². The van der Waals surface area contributed by atoms with Crippen LogP contribution in [0.1, 0.15) is 5.69 Å². The van der Waals surface area contributed by atoms with E-state index in [0.717, 1.165) is 5.69 Å². The minimum atomic E-state index is 0.369. The highest BCUT2D eigenvalue weighted by atomic mass is 35.5. The molecule has 0 aliphatic rings. The van der Waals surface area contributed by atoms with Gasteiger partial charge in [0.05, 0.1) is 10.7 Å². The molecule has 1 aromatic heterocycles. The van der Waals surface area contributed by atoms with E-state index in [-0.39, 0.29) is 0 Å². The first-order valence-electron chi connectivity index (χ1n) is 4.68. The molecule has 1 heterocycles. The summed E-state index contributed by atoms with van der Waals surface area (Å²) in [5.74, 6) is 0.537. The van der Waals surface area contributed by atoms with Crippen molar-refractivity contribution in [2.75, 3.05) is 0 Å². The average molecular weight is 254 g/mol. The van der Waals surface area contributed by atoms with Gasteiger partial charge >= 0.3 is 0 Å². The molecule has 82 valence electrons. The van der Waals surface area contributed by atoms with Gasteiger partial charge in [0.1, 0.15) is 0 Å². The Balaban J connectivity index is 2.53. The third kappa shape index (κ3) is 2.32. The summed E-state index contributed by atoms with van der Waals surface area (Å²) in [5.41, 5.74) is 6.99. The van der Waals surface area contributed by atoms with Crippen molar-refractivity contribution in [1.82, 2.24) is 9.97 Å². The van der Waals surface area contributed by atoms with Crippen LogP contribution < -0.4 is 5.73 Å². The van der Waals surface area contributed by atoms with Gasteiger partial charge in [-0.15, -0.1) is 0 Å². The minimum Gasteiger partial charge on any atom is -0.325 e. The van der Waals surface area contributed by atoms with E-state index < -0.39 is 0 Å². The number of benzene rings is 1. The molecule has 0 saturated heterocycles. The largest absolute Gasteiger partial charge is 0.325 e. The van der Waals surface area contributed by atoms with E-state index in [4.69, 9.17) is 28.9 Å². The third-order valence-corrected chi connectivity index (χ3v) is 2.66. The van der Waals surface area contributed by atoms with Crippen LogP contribution in [-0.4, -0.2) is 9.97 Å². The Labute approximate surface area is 103 Å². The van der Waals surface area contributed by atoms with Crippen molar-refractivity contribution in [1.29, 1.82) is 0 Å². The molecule has 2 rings (SSSR count). The molecule has 0 aliphatic heterocycles. The fraction of sp³-hybridized carbons (Fsp3) is 0.0909. The second-order valence-corrected chi connectivity index (χ2v) is 4.04. The lowest BCUT2D eigenvalue weighted by molar-refractivity contribution is 0.969. The van der Waals surface area contributed by atoms with Crippen molar-refractivity contribution < 1.29 is 0 Å². The van der Waals surface area contributed by atoms with Crippen LogP contribution in [0.5, 0.6) is 0 Å². The Morgan fingerprint density at radius 2 is 2.00 bits per heavy atom. The number of nitrogens with two attached hydrogens (primary N) is 1. The molecule has 16 heavy (non-hydrogen) atoms. The SMILES string of the molecule is NCc1ccnc(-c2cc(Cl)ccc2Cl)n1. The van der Waals surface area contributed by atoms with Crippen LogP contribution >= 0.6 is 23.2 Å². The molecule has 2 N–H and O–H groups in total. The summed E-state index contributed by atoms with van der Waals surface area (Å²) in [6, 6.07) is 6.94. The molecule has 0 unspecified atom stereocenters. The molecule has 0 fully saturated rings. The van der Waals surface area contributed by atoms with E-state index >= 15 is 0 Å². The van der Waals surface area contributed by atoms with Crippen LogP contribution in [0.4, 0.5) is 0 Å². The van der Waals surface area contributed by atoms with Crippen LogP contribution in [-0.2, 0) is 6.54 Å². The standard InChI is InChI=1S/C11H9Cl2N3/c12-7-1-2-10(13)9(5-7)11-15-4-3-8(6-14)16-11/h1-5H,6,14H2. The smallest absolute Gasteiger partial charge is 0.160 e. The van der Waals surface area contributed by atoms with E-state index in [0.29, 0.717) is 28.0 Å². The number of hydrogen-bond donors (Lipinski definition) is 1. The second kappa shape index (κ2) is 4.78. The third-order valence-electron chi connectivity index (χ3n) is 2.09. The summed E-state index contributed by atoms with van der Waals surface area (Å²) in [7, 11) is 0. The van der Waals surface area contributed by atoms with Gasteiger partial charge in [-0.05, 0) is 24.3 Å². The van der Waals surface area contributed by atoms with Crippen LogP contribution in [0.15, 0.2) is 30.5 Å². The summed E-state index contributed by atoms with van der Waals surface area (Å²) >= 11 is 12.0. The number of nitrogens with zero attached hydrogens (tertiary/aromatic N) is 2. The van der Waals surface area contributed by atoms with Crippen LogP contribution in [0.2, 0.25) is 10.0 Å². The van der Waals surface area contributed by atoms with Gasteiger partial charge in [0, 0.05) is 23.3 Å². The zero-order valence-corrected chi connectivity index (χ0v) is 9.83. The zero-order chi connectivity index (χ0) is 11.5. The molecule has 5 heteroatoms. The van der Waals surface area contributed by atoms with Gasteiger partial charge in [0.2, 0.25) is 0 Å². The van der Waals surface area contributed by atoms with Gasteiger partial charge in [-0.2, -0.15) is 0 Å². The fourth-order valence-corrected chi connectivity index (χ4v) is 1.68. The highest BCUT2D eigenvalue weighted by Crippen LogP contribution is 2.27. The second-order valence-electron chi connectivity index (χ2n) is 3.20. The van der Waals surface area contributed by atoms with E-state index in [2.05, 4.69) is 9.97 Å². The molecular weight excluding hydrogens is 245 g/mol. The molecule has 3 nitrogen and oxygen atoms in total. The Kier molecular flexibility index (Phi) is 3.39. The number of aromatic nitrogens is 2. The lowest BCUT2D eigenvalue weighted by Gasteiger charge is -2.04. The molecule has 0 amide bonds. The van der Waals surface area contributed by atoms with E-state index in [1.54, 1.807) is 30.5 Å². The minimum absolute atomic E-state index is 0.369. The van der Waals surface area contributed by atoms with Gasteiger partial charge < -0.3 is 5.73 Å².